The molecule has 0 amide bonds. The average molecular weight is 211 g/mol. The van der Waals surface area contributed by atoms with Crippen molar-refractivity contribution in [3.8, 4) is 0 Å². The molecule has 2 aromatic rings. The first-order valence-electron chi connectivity index (χ1n) is 5.50. The molecule has 1 aliphatic rings. The summed E-state index contributed by atoms with van der Waals surface area (Å²) < 4.78 is 0.791. The lowest BCUT2D eigenvalue weighted by atomic mass is 10.1. The summed E-state index contributed by atoms with van der Waals surface area (Å²) in [7, 11) is 4.44. The summed E-state index contributed by atoms with van der Waals surface area (Å²) in [5.74, 6) is 0. The fraction of sp³-hybridized carbons (Fsp3) is 0.143. The van der Waals surface area contributed by atoms with Gasteiger partial charge in [0.05, 0.1) is 14.1 Å². The van der Waals surface area contributed by atoms with Crippen LogP contribution in [0.25, 0.3) is 0 Å². The molecule has 0 radical (unpaired) electrons. The van der Waals surface area contributed by atoms with Crippen LogP contribution in [0.3, 0.4) is 0 Å². The molecule has 0 unspecified atom stereocenters. The second-order valence-electron chi connectivity index (χ2n) is 4.61. The highest BCUT2D eigenvalue weighted by Gasteiger charge is 2.32. The van der Waals surface area contributed by atoms with Crippen molar-refractivity contribution in [2.75, 3.05) is 19.4 Å². The second kappa shape index (κ2) is 3.09. The topological polar surface area (TPSA) is 12.0 Å². The molecule has 2 nitrogen and oxygen atoms in total. The van der Waals surface area contributed by atoms with Crippen LogP contribution in [0.4, 0.5) is 22.7 Å². The summed E-state index contributed by atoms with van der Waals surface area (Å²) in [6.07, 6.45) is 0. The number of benzene rings is 2. The fourth-order valence-corrected chi connectivity index (χ4v) is 2.41. The lowest BCUT2D eigenvalue weighted by Gasteiger charge is -2.36. The quantitative estimate of drug-likeness (QED) is 0.656. The van der Waals surface area contributed by atoms with E-state index in [9.17, 15) is 0 Å². The Morgan fingerprint density at radius 1 is 0.750 bits per heavy atom. The number of anilines is 2. The van der Waals surface area contributed by atoms with Crippen LogP contribution in [0, 0.1) is 0 Å². The maximum Gasteiger partial charge on any atom is 0.161 e. The van der Waals surface area contributed by atoms with Gasteiger partial charge in [0, 0.05) is 12.1 Å². The number of rotatable bonds is 0. The molecular formula is C14H15N2+. The van der Waals surface area contributed by atoms with Gasteiger partial charge >= 0.3 is 0 Å². The van der Waals surface area contributed by atoms with Crippen molar-refractivity contribution in [1.82, 2.24) is 4.48 Å². The Morgan fingerprint density at radius 2 is 1.19 bits per heavy atom. The van der Waals surface area contributed by atoms with Crippen molar-refractivity contribution in [2.24, 2.45) is 0 Å². The number of hydrogen-bond donors (Lipinski definition) is 1. The van der Waals surface area contributed by atoms with Crippen molar-refractivity contribution < 1.29 is 0 Å². The maximum atomic E-state index is 3.48. The maximum absolute atomic E-state index is 3.48. The third kappa shape index (κ3) is 1.17. The second-order valence-corrected chi connectivity index (χ2v) is 4.61. The van der Waals surface area contributed by atoms with Crippen LogP contribution >= 0.6 is 0 Å². The molecule has 0 atom stereocenters. The normalized spacial score (nSPS) is 15.9. The van der Waals surface area contributed by atoms with E-state index in [2.05, 4.69) is 67.9 Å². The van der Waals surface area contributed by atoms with Gasteiger partial charge in [0.15, 0.2) is 11.4 Å². The molecule has 0 aliphatic carbocycles. The molecule has 0 saturated heterocycles. The van der Waals surface area contributed by atoms with E-state index >= 15 is 0 Å². The van der Waals surface area contributed by atoms with Gasteiger partial charge in [-0.3, -0.25) is 4.48 Å². The molecule has 2 aromatic carbocycles. The predicted molar refractivity (Wildman–Crippen MR) is 69.5 cm³/mol. The van der Waals surface area contributed by atoms with Crippen molar-refractivity contribution in [1.29, 1.82) is 0 Å². The Hall–Kier alpha value is -1.80. The first-order valence-corrected chi connectivity index (χ1v) is 5.50. The summed E-state index contributed by atoms with van der Waals surface area (Å²) in [5, 5.41) is 3.48. The minimum absolute atomic E-state index is 0.791. The van der Waals surface area contributed by atoms with E-state index in [0.29, 0.717) is 0 Å². The molecule has 0 spiro atoms. The van der Waals surface area contributed by atoms with Gasteiger partial charge in [-0.1, -0.05) is 24.3 Å². The van der Waals surface area contributed by atoms with E-state index in [4.69, 9.17) is 0 Å². The van der Waals surface area contributed by atoms with Crippen molar-refractivity contribution >= 4 is 22.7 Å². The largest absolute Gasteiger partial charge is 0.346 e. The molecule has 80 valence electrons. The Balaban J connectivity index is 2.28. The Labute approximate surface area is 95.7 Å². The number of nitrogens with one attached hydrogen (secondary N) is 1. The summed E-state index contributed by atoms with van der Waals surface area (Å²) in [4.78, 5) is 0. The molecule has 1 heterocycles. The Bertz CT molecular complexity index is 496. The van der Waals surface area contributed by atoms with Gasteiger partial charge in [-0.15, -0.1) is 0 Å². The van der Waals surface area contributed by atoms with Crippen LogP contribution < -0.4 is 9.80 Å². The van der Waals surface area contributed by atoms with Crippen LogP contribution in [-0.4, -0.2) is 14.1 Å². The first-order chi connectivity index (χ1) is 7.69. The van der Waals surface area contributed by atoms with Gasteiger partial charge in [0.2, 0.25) is 0 Å². The molecule has 0 aromatic heterocycles. The molecule has 16 heavy (non-hydrogen) atoms. The van der Waals surface area contributed by atoms with Crippen LogP contribution in [0.1, 0.15) is 0 Å². The van der Waals surface area contributed by atoms with E-state index in [1.165, 1.54) is 22.7 Å². The van der Waals surface area contributed by atoms with Crippen molar-refractivity contribution in [3.05, 3.63) is 48.5 Å². The van der Waals surface area contributed by atoms with Crippen LogP contribution in [-0.2, 0) is 0 Å². The summed E-state index contributed by atoms with van der Waals surface area (Å²) in [6.45, 7) is 0. The molecule has 1 N–H and O–H groups in total. The van der Waals surface area contributed by atoms with E-state index in [-0.39, 0.29) is 0 Å². The SMILES string of the molecule is C[N+]1(C)c2ccccc2Nc2ccccc21. The molecule has 3 rings (SSSR count). The van der Waals surface area contributed by atoms with Gasteiger partial charge in [-0.05, 0) is 12.1 Å². The van der Waals surface area contributed by atoms with Gasteiger partial charge in [-0.2, -0.15) is 0 Å². The highest BCUT2D eigenvalue weighted by molar-refractivity contribution is 5.88. The monoisotopic (exact) mass is 211 g/mol. The fourth-order valence-electron chi connectivity index (χ4n) is 2.41. The zero-order chi connectivity index (χ0) is 11.2. The third-order valence-corrected chi connectivity index (χ3v) is 3.28. The van der Waals surface area contributed by atoms with E-state index in [1.54, 1.807) is 0 Å². The highest BCUT2D eigenvalue weighted by Crippen LogP contribution is 2.46. The smallest absolute Gasteiger partial charge is 0.161 e. The number of nitrogens with zero attached hydrogens (tertiary/aromatic N) is 1. The molecular weight excluding hydrogens is 196 g/mol. The minimum atomic E-state index is 0.791. The van der Waals surface area contributed by atoms with E-state index < -0.39 is 0 Å². The zero-order valence-electron chi connectivity index (χ0n) is 9.57. The molecule has 1 aliphatic heterocycles. The average Bonchev–Trinajstić information content (AvgIpc) is 2.29. The summed E-state index contributed by atoms with van der Waals surface area (Å²) >= 11 is 0. The Morgan fingerprint density at radius 3 is 1.69 bits per heavy atom. The van der Waals surface area contributed by atoms with E-state index in [1.807, 2.05) is 0 Å². The van der Waals surface area contributed by atoms with Crippen LogP contribution in [0.15, 0.2) is 48.5 Å². The number of hydrogen-bond acceptors (Lipinski definition) is 1. The molecule has 0 fully saturated rings. The Kier molecular flexibility index (Phi) is 1.82. The lowest BCUT2D eigenvalue weighted by Crippen LogP contribution is -2.37. The lowest BCUT2D eigenvalue weighted by molar-refractivity contribution is 0.553. The number of fused-ring (bicyclic) bond motifs is 2. The van der Waals surface area contributed by atoms with Crippen LogP contribution in [0.5, 0.6) is 0 Å². The van der Waals surface area contributed by atoms with E-state index in [0.717, 1.165) is 4.48 Å². The van der Waals surface area contributed by atoms with Gasteiger partial charge in [0.1, 0.15) is 11.4 Å². The van der Waals surface area contributed by atoms with Gasteiger partial charge in [-0.25, -0.2) is 0 Å². The molecule has 0 saturated carbocycles. The van der Waals surface area contributed by atoms with Crippen molar-refractivity contribution in [3.63, 3.8) is 0 Å². The number of para-hydroxylation sites is 4. The summed E-state index contributed by atoms with van der Waals surface area (Å²) in [5.41, 5.74) is 5.01. The number of quaternary nitrogens is 1. The minimum Gasteiger partial charge on any atom is -0.346 e. The highest BCUT2D eigenvalue weighted by atomic mass is 15.3. The molecule has 2 heteroatoms. The predicted octanol–water partition coefficient (Wildman–Crippen LogP) is 3.64. The van der Waals surface area contributed by atoms with Gasteiger partial charge < -0.3 is 5.32 Å². The standard InChI is InChI=1S/C14H15N2/c1-16(2)13-9-5-3-7-11(13)15-12-8-4-6-10-14(12)16/h3-10,15H,1-2H3/q+1. The summed E-state index contributed by atoms with van der Waals surface area (Å²) in [6, 6.07) is 16.9. The zero-order valence-corrected chi connectivity index (χ0v) is 9.57. The first kappa shape index (κ1) is 9.43. The third-order valence-electron chi connectivity index (χ3n) is 3.28. The van der Waals surface area contributed by atoms with Crippen molar-refractivity contribution in [2.45, 2.75) is 0 Å². The van der Waals surface area contributed by atoms with Gasteiger partial charge in [0.25, 0.3) is 0 Å². The van der Waals surface area contributed by atoms with Crippen LogP contribution in [0.2, 0.25) is 0 Å². The molecule has 0 bridgehead atoms.